The largest absolute Gasteiger partial charge is 0.508 e. The van der Waals surface area contributed by atoms with Crippen LogP contribution in [0.2, 0.25) is 0 Å². The number of amides is 1. The SMILES string of the molecule is CNC(C)=O.COC(OC)C(O)Cc1ccccc1O. The number of benzene rings is 1. The van der Waals surface area contributed by atoms with Crippen LogP contribution in [0, 0.1) is 0 Å². The van der Waals surface area contributed by atoms with Crippen molar-refractivity contribution in [2.45, 2.75) is 25.7 Å². The van der Waals surface area contributed by atoms with E-state index in [-0.39, 0.29) is 11.7 Å². The first-order chi connectivity index (χ1) is 9.46. The Bertz CT molecular complexity index is 393. The van der Waals surface area contributed by atoms with Crippen molar-refractivity contribution < 1.29 is 24.5 Å². The Morgan fingerprint density at radius 2 is 1.80 bits per heavy atom. The molecule has 0 heterocycles. The molecule has 1 atom stereocenters. The van der Waals surface area contributed by atoms with Gasteiger partial charge in [-0.15, -0.1) is 0 Å². The predicted octanol–water partition coefficient (Wildman–Crippen LogP) is 0.667. The number of hydrogen-bond donors (Lipinski definition) is 3. The standard InChI is InChI=1S/C11H16O4.C3H7NO/c1-14-11(15-2)10(13)7-8-5-3-4-6-9(8)12;1-3(5)4-2/h3-6,10-13H,7H2,1-2H3;1-2H3,(H,4,5). The Hall–Kier alpha value is -1.63. The summed E-state index contributed by atoms with van der Waals surface area (Å²) >= 11 is 0. The van der Waals surface area contributed by atoms with Gasteiger partial charge in [0.1, 0.15) is 11.9 Å². The van der Waals surface area contributed by atoms with Gasteiger partial charge in [0, 0.05) is 34.6 Å². The first kappa shape index (κ1) is 18.4. The number of carbonyl (C=O) groups is 1. The summed E-state index contributed by atoms with van der Waals surface area (Å²) in [5.41, 5.74) is 0.670. The lowest BCUT2D eigenvalue weighted by molar-refractivity contribution is -0.163. The Kier molecular flexibility index (Phi) is 9.36. The van der Waals surface area contributed by atoms with E-state index < -0.39 is 12.4 Å². The molecule has 0 aliphatic heterocycles. The van der Waals surface area contributed by atoms with Crippen LogP contribution in [0.1, 0.15) is 12.5 Å². The average Bonchev–Trinajstić information content (AvgIpc) is 2.43. The minimum absolute atomic E-state index is 0.00463. The quantitative estimate of drug-likeness (QED) is 0.692. The molecule has 0 fully saturated rings. The topological polar surface area (TPSA) is 88.0 Å². The Morgan fingerprint density at radius 3 is 2.20 bits per heavy atom. The van der Waals surface area contributed by atoms with Gasteiger partial charge in [0.05, 0.1) is 0 Å². The summed E-state index contributed by atoms with van der Waals surface area (Å²) in [4.78, 5) is 9.70. The van der Waals surface area contributed by atoms with Crippen LogP contribution in [0.3, 0.4) is 0 Å². The van der Waals surface area contributed by atoms with Gasteiger partial charge in [0.25, 0.3) is 0 Å². The maximum Gasteiger partial charge on any atom is 0.216 e. The molecule has 0 radical (unpaired) electrons. The minimum Gasteiger partial charge on any atom is -0.508 e. The van der Waals surface area contributed by atoms with Crippen LogP contribution in [0.5, 0.6) is 5.75 Å². The summed E-state index contributed by atoms with van der Waals surface area (Å²) in [6.45, 7) is 1.47. The zero-order chi connectivity index (χ0) is 15.5. The molecule has 1 aromatic rings. The summed E-state index contributed by atoms with van der Waals surface area (Å²) in [6, 6.07) is 6.86. The number of ether oxygens (including phenoxy) is 2. The molecule has 6 heteroatoms. The molecule has 3 N–H and O–H groups in total. The molecular formula is C14H23NO5. The highest BCUT2D eigenvalue weighted by Crippen LogP contribution is 2.18. The molecule has 0 bridgehead atoms. The number of aliphatic hydroxyl groups is 1. The average molecular weight is 285 g/mol. The van der Waals surface area contributed by atoms with E-state index in [1.165, 1.54) is 21.1 Å². The minimum atomic E-state index is -0.798. The van der Waals surface area contributed by atoms with E-state index in [4.69, 9.17) is 9.47 Å². The maximum atomic E-state index is 9.73. The van der Waals surface area contributed by atoms with E-state index in [9.17, 15) is 15.0 Å². The van der Waals surface area contributed by atoms with Crippen molar-refractivity contribution in [2.75, 3.05) is 21.3 Å². The highest BCUT2D eigenvalue weighted by molar-refractivity contribution is 5.72. The zero-order valence-corrected chi connectivity index (χ0v) is 12.3. The molecule has 0 aliphatic rings. The molecule has 1 unspecified atom stereocenters. The number of aliphatic hydroxyl groups excluding tert-OH is 1. The van der Waals surface area contributed by atoms with E-state index in [1.54, 1.807) is 31.3 Å². The lowest BCUT2D eigenvalue weighted by Crippen LogP contribution is -2.31. The predicted molar refractivity (Wildman–Crippen MR) is 75.4 cm³/mol. The van der Waals surface area contributed by atoms with Gasteiger partial charge in [0.15, 0.2) is 6.29 Å². The Balaban J connectivity index is 0.000000621. The van der Waals surface area contributed by atoms with Crippen molar-refractivity contribution >= 4 is 5.91 Å². The molecule has 1 amide bonds. The van der Waals surface area contributed by atoms with Gasteiger partial charge in [-0.1, -0.05) is 18.2 Å². The van der Waals surface area contributed by atoms with Gasteiger partial charge in [-0.2, -0.15) is 0 Å². The van der Waals surface area contributed by atoms with Crippen molar-refractivity contribution in [1.29, 1.82) is 0 Å². The van der Waals surface area contributed by atoms with Crippen LogP contribution >= 0.6 is 0 Å². The lowest BCUT2D eigenvalue weighted by Gasteiger charge is -2.20. The molecule has 1 aromatic carbocycles. The van der Waals surface area contributed by atoms with E-state index >= 15 is 0 Å². The van der Waals surface area contributed by atoms with Crippen molar-refractivity contribution in [3.63, 3.8) is 0 Å². The third-order valence-corrected chi connectivity index (χ3v) is 2.55. The van der Waals surface area contributed by atoms with Crippen molar-refractivity contribution in [1.82, 2.24) is 5.32 Å². The third-order valence-electron chi connectivity index (χ3n) is 2.55. The number of nitrogens with one attached hydrogen (secondary N) is 1. The second-order valence-electron chi connectivity index (χ2n) is 4.05. The molecule has 114 valence electrons. The third kappa shape index (κ3) is 7.08. The number of aromatic hydroxyl groups is 1. The van der Waals surface area contributed by atoms with Crippen molar-refractivity contribution in [2.24, 2.45) is 0 Å². The number of carbonyl (C=O) groups excluding carboxylic acids is 1. The summed E-state index contributed by atoms with van der Waals surface area (Å²) in [6.07, 6.45) is -1.18. The van der Waals surface area contributed by atoms with Crippen LogP contribution in [0.25, 0.3) is 0 Å². The van der Waals surface area contributed by atoms with Gasteiger partial charge in [-0.25, -0.2) is 0 Å². The first-order valence-corrected chi connectivity index (χ1v) is 6.15. The number of phenols is 1. The van der Waals surface area contributed by atoms with Crippen LogP contribution in [-0.4, -0.2) is 49.8 Å². The fourth-order valence-corrected chi connectivity index (χ4v) is 1.42. The molecule has 0 spiro atoms. The normalized spacial score (nSPS) is 11.5. The summed E-state index contributed by atoms with van der Waals surface area (Å²) in [5.74, 6) is 0.174. The van der Waals surface area contributed by atoms with E-state index in [0.717, 1.165) is 0 Å². The van der Waals surface area contributed by atoms with Gasteiger partial charge in [0.2, 0.25) is 5.91 Å². The molecule has 0 aromatic heterocycles. The number of rotatable bonds is 5. The number of hydrogen-bond acceptors (Lipinski definition) is 5. The molecule has 6 nitrogen and oxygen atoms in total. The second-order valence-corrected chi connectivity index (χ2v) is 4.05. The number of methoxy groups -OCH3 is 2. The Labute approximate surface area is 119 Å². The number of para-hydroxylation sites is 1. The van der Waals surface area contributed by atoms with E-state index in [2.05, 4.69) is 5.32 Å². The fraction of sp³-hybridized carbons (Fsp3) is 0.500. The van der Waals surface area contributed by atoms with E-state index in [0.29, 0.717) is 12.0 Å². The van der Waals surface area contributed by atoms with Crippen molar-refractivity contribution in [3.8, 4) is 5.75 Å². The zero-order valence-electron chi connectivity index (χ0n) is 12.3. The van der Waals surface area contributed by atoms with Crippen molar-refractivity contribution in [3.05, 3.63) is 29.8 Å². The first-order valence-electron chi connectivity index (χ1n) is 6.15. The monoisotopic (exact) mass is 285 g/mol. The summed E-state index contributed by atoms with van der Waals surface area (Å²) in [7, 11) is 4.52. The van der Waals surface area contributed by atoms with Gasteiger partial charge in [-0.3, -0.25) is 4.79 Å². The van der Waals surface area contributed by atoms with Gasteiger partial charge >= 0.3 is 0 Å². The summed E-state index contributed by atoms with van der Waals surface area (Å²) < 4.78 is 9.84. The van der Waals surface area contributed by atoms with Gasteiger partial charge in [-0.05, 0) is 11.6 Å². The molecule has 0 aliphatic carbocycles. The molecule has 1 rings (SSSR count). The van der Waals surface area contributed by atoms with E-state index in [1.807, 2.05) is 0 Å². The highest BCUT2D eigenvalue weighted by atomic mass is 16.7. The molecule has 0 saturated carbocycles. The van der Waals surface area contributed by atoms with Crippen LogP contribution in [0.4, 0.5) is 0 Å². The molecule has 20 heavy (non-hydrogen) atoms. The molecular weight excluding hydrogens is 262 g/mol. The van der Waals surface area contributed by atoms with Crippen LogP contribution in [0.15, 0.2) is 24.3 Å². The number of phenolic OH excluding ortho intramolecular Hbond substituents is 1. The van der Waals surface area contributed by atoms with Gasteiger partial charge < -0.3 is 25.0 Å². The highest BCUT2D eigenvalue weighted by Gasteiger charge is 2.19. The Morgan fingerprint density at radius 1 is 1.30 bits per heavy atom. The van der Waals surface area contributed by atoms with Crippen LogP contribution < -0.4 is 5.32 Å². The molecule has 0 saturated heterocycles. The smallest absolute Gasteiger partial charge is 0.216 e. The maximum absolute atomic E-state index is 9.73. The summed E-state index contributed by atoms with van der Waals surface area (Å²) in [5, 5.41) is 21.6. The lowest BCUT2D eigenvalue weighted by atomic mass is 10.1. The fourth-order valence-electron chi connectivity index (χ4n) is 1.42. The van der Waals surface area contributed by atoms with Crippen LogP contribution in [-0.2, 0) is 20.7 Å². The second kappa shape index (κ2) is 10.2.